The van der Waals surface area contributed by atoms with E-state index in [1.807, 2.05) is 0 Å². The molecule has 1 aromatic rings. The number of aromatic hydroxyl groups is 2. The first-order valence-corrected chi connectivity index (χ1v) is 4.52. The molecule has 90 valence electrons. The molecule has 1 unspecified atom stereocenters. The van der Waals surface area contributed by atoms with Crippen molar-refractivity contribution in [1.29, 1.82) is 0 Å². The van der Waals surface area contributed by atoms with Crippen LogP contribution in [0.25, 0.3) is 0 Å². The number of alkyl halides is 3. The lowest BCUT2D eigenvalue weighted by atomic mass is 10.00. The molecule has 0 radical (unpaired) electrons. The van der Waals surface area contributed by atoms with Crippen LogP contribution in [0.15, 0.2) is 12.1 Å². The topological polar surface area (TPSA) is 60.7 Å². The number of aliphatic hydroxyl groups is 1. The number of hydrogen-bond acceptors (Lipinski definition) is 3. The van der Waals surface area contributed by atoms with E-state index in [9.17, 15) is 18.3 Å². The maximum atomic E-state index is 12.5. The van der Waals surface area contributed by atoms with Crippen LogP contribution in [-0.4, -0.2) is 21.4 Å². The summed E-state index contributed by atoms with van der Waals surface area (Å²) in [7, 11) is 0. The van der Waals surface area contributed by atoms with E-state index in [0.29, 0.717) is 6.07 Å². The summed E-state index contributed by atoms with van der Waals surface area (Å²) in [5.41, 5.74) is -1.55. The van der Waals surface area contributed by atoms with Crippen LogP contribution in [0.1, 0.15) is 18.1 Å². The number of phenolic OH excluding ortho intramolecular Hbond substituents is 2. The maximum absolute atomic E-state index is 12.5. The van der Waals surface area contributed by atoms with Crippen molar-refractivity contribution < 1.29 is 28.5 Å². The molecular formula is C10H11F3O3. The molecule has 0 heterocycles. The molecule has 1 rings (SSSR count). The third-order valence-corrected chi connectivity index (χ3v) is 2.07. The molecule has 0 aromatic heterocycles. The molecule has 0 bridgehead atoms. The van der Waals surface area contributed by atoms with Crippen molar-refractivity contribution in [3.63, 3.8) is 0 Å². The highest BCUT2D eigenvalue weighted by Crippen LogP contribution is 2.40. The number of halogens is 3. The van der Waals surface area contributed by atoms with Gasteiger partial charge in [0, 0.05) is 12.0 Å². The van der Waals surface area contributed by atoms with Gasteiger partial charge in [0.25, 0.3) is 0 Å². The molecule has 0 saturated carbocycles. The summed E-state index contributed by atoms with van der Waals surface area (Å²) in [6.45, 7) is 1.30. The number of benzene rings is 1. The highest BCUT2D eigenvalue weighted by atomic mass is 19.4. The largest absolute Gasteiger partial charge is 0.504 e. The van der Waals surface area contributed by atoms with Gasteiger partial charge in [0.05, 0.1) is 11.7 Å². The average molecular weight is 236 g/mol. The quantitative estimate of drug-likeness (QED) is 0.688. The van der Waals surface area contributed by atoms with E-state index in [2.05, 4.69) is 0 Å². The van der Waals surface area contributed by atoms with Crippen molar-refractivity contribution in [3.05, 3.63) is 23.3 Å². The van der Waals surface area contributed by atoms with E-state index in [0.717, 1.165) is 6.07 Å². The van der Waals surface area contributed by atoms with Crippen LogP contribution in [-0.2, 0) is 12.6 Å². The van der Waals surface area contributed by atoms with Gasteiger partial charge >= 0.3 is 6.18 Å². The fraction of sp³-hybridized carbons (Fsp3) is 0.400. The van der Waals surface area contributed by atoms with Crippen molar-refractivity contribution in [2.24, 2.45) is 0 Å². The molecule has 1 aromatic carbocycles. The molecule has 0 saturated heterocycles. The van der Waals surface area contributed by atoms with Crippen molar-refractivity contribution in [2.75, 3.05) is 0 Å². The molecule has 0 aliphatic rings. The summed E-state index contributed by atoms with van der Waals surface area (Å²) in [6, 6.07) is 1.44. The summed E-state index contributed by atoms with van der Waals surface area (Å²) in [6.07, 6.45) is -6.06. The van der Waals surface area contributed by atoms with Crippen molar-refractivity contribution in [3.8, 4) is 11.5 Å². The SMILES string of the molecule is CC(O)Cc1c(C(F)(F)F)ccc(O)c1O. The van der Waals surface area contributed by atoms with Gasteiger partial charge in [-0.25, -0.2) is 0 Å². The second kappa shape index (κ2) is 4.21. The lowest BCUT2D eigenvalue weighted by Gasteiger charge is -2.16. The molecule has 16 heavy (non-hydrogen) atoms. The number of aliphatic hydroxyl groups excluding tert-OH is 1. The maximum Gasteiger partial charge on any atom is 0.416 e. The molecule has 0 aliphatic heterocycles. The highest BCUT2D eigenvalue weighted by molar-refractivity contribution is 5.50. The Kier molecular flexibility index (Phi) is 3.32. The van der Waals surface area contributed by atoms with Crippen LogP contribution in [0.5, 0.6) is 11.5 Å². The van der Waals surface area contributed by atoms with Crippen LogP contribution in [0.3, 0.4) is 0 Å². The lowest BCUT2D eigenvalue weighted by molar-refractivity contribution is -0.138. The van der Waals surface area contributed by atoms with Crippen LogP contribution in [0.4, 0.5) is 13.2 Å². The monoisotopic (exact) mass is 236 g/mol. The van der Waals surface area contributed by atoms with Crippen LogP contribution < -0.4 is 0 Å². The fourth-order valence-corrected chi connectivity index (χ4v) is 1.39. The molecule has 3 N–H and O–H groups in total. The first kappa shape index (κ1) is 12.6. The van der Waals surface area contributed by atoms with Crippen molar-refractivity contribution in [2.45, 2.75) is 25.6 Å². The van der Waals surface area contributed by atoms with Gasteiger partial charge in [-0.3, -0.25) is 0 Å². The van der Waals surface area contributed by atoms with Gasteiger partial charge in [-0.15, -0.1) is 0 Å². The minimum atomic E-state index is -4.63. The Morgan fingerprint density at radius 2 is 1.81 bits per heavy atom. The number of rotatable bonds is 2. The van der Waals surface area contributed by atoms with E-state index < -0.39 is 34.9 Å². The molecular weight excluding hydrogens is 225 g/mol. The Morgan fingerprint density at radius 3 is 2.25 bits per heavy atom. The molecule has 6 heteroatoms. The second-order valence-electron chi connectivity index (χ2n) is 3.51. The standard InChI is InChI=1S/C10H11F3O3/c1-5(14)4-6-7(10(11,12)13)2-3-8(15)9(6)16/h2-3,5,14-16H,4H2,1H3. The fourth-order valence-electron chi connectivity index (χ4n) is 1.39. The van der Waals surface area contributed by atoms with Crippen LogP contribution in [0.2, 0.25) is 0 Å². The smallest absolute Gasteiger partial charge is 0.416 e. The van der Waals surface area contributed by atoms with E-state index >= 15 is 0 Å². The zero-order chi connectivity index (χ0) is 12.5. The van der Waals surface area contributed by atoms with E-state index in [1.165, 1.54) is 6.92 Å². The predicted octanol–water partition coefficient (Wildman–Crippen LogP) is 2.04. The lowest BCUT2D eigenvalue weighted by Crippen LogP contribution is -2.13. The summed E-state index contributed by atoms with van der Waals surface area (Å²) >= 11 is 0. The van der Waals surface area contributed by atoms with Crippen LogP contribution in [0, 0.1) is 0 Å². The van der Waals surface area contributed by atoms with Gasteiger partial charge < -0.3 is 15.3 Å². The van der Waals surface area contributed by atoms with E-state index in [-0.39, 0.29) is 6.42 Å². The van der Waals surface area contributed by atoms with E-state index in [1.54, 1.807) is 0 Å². The Labute approximate surface area is 89.8 Å². The van der Waals surface area contributed by atoms with Gasteiger partial charge in [-0.05, 0) is 19.1 Å². The van der Waals surface area contributed by atoms with E-state index in [4.69, 9.17) is 10.2 Å². The summed E-state index contributed by atoms with van der Waals surface area (Å²) in [5.74, 6) is -1.47. The molecule has 0 fully saturated rings. The average Bonchev–Trinajstić information content (AvgIpc) is 2.10. The second-order valence-corrected chi connectivity index (χ2v) is 3.51. The zero-order valence-corrected chi connectivity index (χ0v) is 8.41. The summed E-state index contributed by atoms with van der Waals surface area (Å²) < 4.78 is 37.6. The predicted molar refractivity (Wildman–Crippen MR) is 50.2 cm³/mol. The summed E-state index contributed by atoms with van der Waals surface area (Å²) in [4.78, 5) is 0. The number of hydrogen-bond donors (Lipinski definition) is 3. The van der Waals surface area contributed by atoms with Crippen LogP contribution >= 0.6 is 0 Å². The van der Waals surface area contributed by atoms with Gasteiger partial charge in [0.15, 0.2) is 11.5 Å². The van der Waals surface area contributed by atoms with Gasteiger partial charge in [0.1, 0.15) is 0 Å². The third kappa shape index (κ3) is 2.57. The molecule has 1 atom stereocenters. The first-order chi connectivity index (χ1) is 7.23. The Hall–Kier alpha value is -1.43. The third-order valence-electron chi connectivity index (χ3n) is 2.07. The molecule has 0 spiro atoms. The Bertz CT molecular complexity index is 386. The molecule has 0 amide bonds. The van der Waals surface area contributed by atoms with Gasteiger partial charge in [-0.1, -0.05) is 0 Å². The minimum absolute atomic E-state index is 0.380. The Balaban J connectivity index is 3.33. The summed E-state index contributed by atoms with van der Waals surface area (Å²) in [5, 5.41) is 27.5. The normalized spacial score (nSPS) is 13.8. The minimum Gasteiger partial charge on any atom is -0.504 e. The zero-order valence-electron chi connectivity index (χ0n) is 8.41. The van der Waals surface area contributed by atoms with Crippen molar-refractivity contribution >= 4 is 0 Å². The highest BCUT2D eigenvalue weighted by Gasteiger charge is 2.35. The Morgan fingerprint density at radius 1 is 1.25 bits per heavy atom. The van der Waals surface area contributed by atoms with Crippen molar-refractivity contribution in [1.82, 2.24) is 0 Å². The van der Waals surface area contributed by atoms with Gasteiger partial charge in [0.2, 0.25) is 0 Å². The molecule has 0 aliphatic carbocycles. The van der Waals surface area contributed by atoms with Gasteiger partial charge in [-0.2, -0.15) is 13.2 Å². The molecule has 3 nitrogen and oxygen atoms in total. The first-order valence-electron chi connectivity index (χ1n) is 4.52. The number of phenols is 2.